The highest BCUT2D eigenvalue weighted by atomic mass is 35.5. The van der Waals surface area contributed by atoms with Gasteiger partial charge < -0.3 is 14.5 Å². The number of piperazine rings is 1. The van der Waals surface area contributed by atoms with Crippen molar-refractivity contribution in [3.63, 3.8) is 0 Å². The number of ether oxygens (including phenoxy) is 1. The van der Waals surface area contributed by atoms with Crippen LogP contribution in [0.5, 0.6) is 0 Å². The summed E-state index contributed by atoms with van der Waals surface area (Å²) in [4.78, 5) is 39.0. The summed E-state index contributed by atoms with van der Waals surface area (Å²) in [7, 11) is 0. The minimum absolute atomic E-state index is 0.107. The lowest BCUT2D eigenvalue weighted by molar-refractivity contribution is 0.0218. The Labute approximate surface area is 227 Å². The Morgan fingerprint density at radius 3 is 2.35 bits per heavy atom. The van der Waals surface area contributed by atoms with E-state index in [1.54, 1.807) is 11.0 Å². The first-order valence-electron chi connectivity index (χ1n) is 12.3. The molecule has 10 heteroatoms. The molecule has 1 saturated heterocycles. The zero-order valence-electron chi connectivity index (χ0n) is 22.3. The van der Waals surface area contributed by atoms with E-state index < -0.39 is 11.3 Å². The molecule has 0 saturated carbocycles. The number of carbonyl (C=O) groups excluding carboxylic acids is 1. The zero-order valence-corrected chi connectivity index (χ0v) is 23.8. The Bertz CT molecular complexity index is 1410. The quantitative estimate of drug-likeness (QED) is 0.377. The second kappa shape index (κ2) is 9.80. The summed E-state index contributed by atoms with van der Waals surface area (Å²) >= 11 is 12.8. The van der Waals surface area contributed by atoms with Gasteiger partial charge in [-0.1, -0.05) is 62.2 Å². The van der Waals surface area contributed by atoms with E-state index in [1.807, 2.05) is 56.9 Å². The second-order valence-electron chi connectivity index (χ2n) is 11.4. The molecule has 8 nitrogen and oxygen atoms in total. The summed E-state index contributed by atoms with van der Waals surface area (Å²) in [6.45, 7) is 15.1. The van der Waals surface area contributed by atoms with Crippen LogP contribution >= 0.6 is 23.2 Å². The summed E-state index contributed by atoms with van der Waals surface area (Å²) in [5.41, 5.74) is 0.766. The maximum Gasteiger partial charge on any atom is 0.410 e. The fourth-order valence-corrected chi connectivity index (χ4v) is 4.87. The highest BCUT2D eigenvalue weighted by Crippen LogP contribution is 2.34. The van der Waals surface area contributed by atoms with Crippen molar-refractivity contribution >= 4 is 46.1 Å². The van der Waals surface area contributed by atoms with E-state index in [1.165, 1.54) is 4.57 Å². The number of fused-ring (bicyclic) bond motifs is 1. The molecule has 3 heterocycles. The fourth-order valence-electron chi connectivity index (χ4n) is 4.59. The summed E-state index contributed by atoms with van der Waals surface area (Å²) in [6, 6.07) is 9.28. The summed E-state index contributed by atoms with van der Waals surface area (Å²) in [5.74, 6) is 0.465. The minimum atomic E-state index is -0.579. The monoisotopic (exact) mass is 545 g/mol. The maximum absolute atomic E-state index is 13.6. The lowest BCUT2D eigenvalue weighted by Gasteiger charge is -2.41. The second-order valence-corrected chi connectivity index (χ2v) is 12.2. The van der Waals surface area contributed by atoms with Gasteiger partial charge in [0.05, 0.1) is 16.1 Å². The van der Waals surface area contributed by atoms with Crippen LogP contribution in [0.1, 0.15) is 54.0 Å². The Morgan fingerprint density at radius 1 is 1.05 bits per heavy atom. The van der Waals surface area contributed by atoms with Crippen LogP contribution in [0.4, 0.5) is 10.6 Å². The van der Waals surface area contributed by atoms with Gasteiger partial charge in [0, 0.05) is 25.7 Å². The first-order valence-corrected chi connectivity index (χ1v) is 13.1. The van der Waals surface area contributed by atoms with E-state index in [0.717, 1.165) is 5.56 Å². The maximum atomic E-state index is 13.6. The number of hydrogen-bond acceptors (Lipinski definition) is 6. The molecule has 0 radical (unpaired) electrons. The number of benzene rings is 1. The third kappa shape index (κ3) is 5.55. The molecule has 2 aromatic heterocycles. The van der Waals surface area contributed by atoms with Gasteiger partial charge in [-0.25, -0.2) is 19.1 Å². The van der Waals surface area contributed by atoms with Crippen molar-refractivity contribution in [2.75, 3.05) is 24.5 Å². The van der Waals surface area contributed by atoms with Crippen LogP contribution in [0.25, 0.3) is 16.7 Å². The van der Waals surface area contributed by atoms with Crippen LogP contribution in [-0.4, -0.2) is 56.8 Å². The van der Waals surface area contributed by atoms with Crippen LogP contribution < -0.4 is 10.6 Å². The lowest BCUT2D eigenvalue weighted by Crippen LogP contribution is -2.55. The molecule has 1 aliphatic heterocycles. The number of para-hydroxylation sites is 1. The molecule has 0 aliphatic carbocycles. The van der Waals surface area contributed by atoms with E-state index in [-0.39, 0.29) is 27.7 Å². The molecule has 0 bridgehead atoms. The number of hydrogen-bond donors (Lipinski definition) is 0. The zero-order chi connectivity index (χ0) is 27.3. The average Bonchev–Trinajstić information content (AvgIpc) is 2.78. The van der Waals surface area contributed by atoms with Gasteiger partial charge in [-0.05, 0) is 50.8 Å². The normalized spacial score (nSPS) is 16.8. The van der Waals surface area contributed by atoms with E-state index in [4.69, 9.17) is 27.9 Å². The van der Waals surface area contributed by atoms with Crippen LogP contribution in [0.15, 0.2) is 35.1 Å². The Hall–Kier alpha value is -2.84. The molecule has 1 aromatic carbocycles. The third-order valence-electron chi connectivity index (χ3n) is 6.26. The number of halogens is 2. The molecule has 1 fully saturated rings. The van der Waals surface area contributed by atoms with Crippen molar-refractivity contribution in [3.8, 4) is 5.69 Å². The molecule has 1 atom stereocenters. The number of pyridine rings is 1. The van der Waals surface area contributed by atoms with E-state index >= 15 is 0 Å². The smallest absolute Gasteiger partial charge is 0.410 e. The SMILES string of the molecule is C[C@H]1CN(C(=O)OC(C)(C)C)CCN1c1nc(=O)n(-c2ccccc2C(C)(C)C)c2nc(Cl)c(Cl)cc12. The summed E-state index contributed by atoms with van der Waals surface area (Å²) in [6.07, 6.45) is -0.359. The molecule has 37 heavy (non-hydrogen) atoms. The minimum Gasteiger partial charge on any atom is -0.444 e. The topological polar surface area (TPSA) is 80.6 Å². The number of rotatable bonds is 2. The molecular weight excluding hydrogens is 513 g/mol. The van der Waals surface area contributed by atoms with Crippen molar-refractivity contribution < 1.29 is 9.53 Å². The average molecular weight is 546 g/mol. The highest BCUT2D eigenvalue weighted by molar-refractivity contribution is 6.41. The molecule has 198 valence electrons. The van der Waals surface area contributed by atoms with E-state index in [9.17, 15) is 9.59 Å². The first-order chi connectivity index (χ1) is 17.2. The molecule has 4 rings (SSSR count). The highest BCUT2D eigenvalue weighted by Gasteiger charge is 2.32. The molecular formula is C27H33Cl2N5O3. The first kappa shape index (κ1) is 27.2. The van der Waals surface area contributed by atoms with Crippen LogP contribution in [-0.2, 0) is 10.2 Å². The number of nitrogens with zero attached hydrogens (tertiary/aromatic N) is 5. The van der Waals surface area contributed by atoms with Crippen molar-refractivity contribution in [1.82, 2.24) is 19.4 Å². The van der Waals surface area contributed by atoms with Gasteiger partial charge in [0.25, 0.3) is 0 Å². The van der Waals surface area contributed by atoms with Gasteiger partial charge in [-0.3, -0.25) is 0 Å². The van der Waals surface area contributed by atoms with Gasteiger partial charge in [0.1, 0.15) is 16.6 Å². The van der Waals surface area contributed by atoms with E-state index in [2.05, 4.69) is 30.7 Å². The Balaban J connectivity index is 1.83. The number of carbonyl (C=O) groups is 1. The van der Waals surface area contributed by atoms with Gasteiger partial charge in [0.2, 0.25) is 0 Å². The molecule has 0 unspecified atom stereocenters. The predicted octanol–water partition coefficient (Wildman–Crippen LogP) is 5.83. The lowest BCUT2D eigenvalue weighted by atomic mass is 9.85. The Kier molecular flexibility index (Phi) is 7.20. The van der Waals surface area contributed by atoms with Gasteiger partial charge in [-0.2, -0.15) is 4.98 Å². The molecule has 3 aromatic rings. The third-order valence-corrected chi connectivity index (χ3v) is 6.94. The molecule has 0 spiro atoms. The summed E-state index contributed by atoms with van der Waals surface area (Å²) < 4.78 is 7.05. The fraction of sp³-hybridized carbons (Fsp3) is 0.481. The molecule has 1 aliphatic rings. The van der Waals surface area contributed by atoms with Crippen LogP contribution in [0.2, 0.25) is 10.2 Å². The summed E-state index contributed by atoms with van der Waals surface area (Å²) in [5, 5.41) is 0.984. The largest absolute Gasteiger partial charge is 0.444 e. The van der Waals surface area contributed by atoms with Gasteiger partial charge in [0.15, 0.2) is 5.65 Å². The molecule has 0 N–H and O–H groups in total. The number of amides is 1. The van der Waals surface area contributed by atoms with Crippen molar-refractivity contribution in [3.05, 3.63) is 56.6 Å². The predicted molar refractivity (Wildman–Crippen MR) is 148 cm³/mol. The number of aromatic nitrogens is 3. The van der Waals surface area contributed by atoms with Gasteiger partial charge in [-0.15, -0.1) is 0 Å². The Morgan fingerprint density at radius 2 is 1.73 bits per heavy atom. The van der Waals surface area contributed by atoms with Crippen LogP contribution in [0.3, 0.4) is 0 Å². The van der Waals surface area contributed by atoms with Crippen molar-refractivity contribution in [1.29, 1.82) is 0 Å². The molecule has 1 amide bonds. The van der Waals surface area contributed by atoms with Crippen LogP contribution in [0, 0.1) is 0 Å². The van der Waals surface area contributed by atoms with Crippen molar-refractivity contribution in [2.45, 2.75) is 65.5 Å². The number of anilines is 1. The van der Waals surface area contributed by atoms with Gasteiger partial charge >= 0.3 is 11.8 Å². The van der Waals surface area contributed by atoms with E-state index in [0.29, 0.717) is 42.2 Å². The standard InChI is InChI=1S/C27H33Cl2N5O3/c1-16-15-32(25(36)37-27(5,6)7)12-13-33(16)22-17-14-19(28)21(29)30-23(17)34(24(35)31-22)20-11-9-8-10-18(20)26(2,3)4/h8-11,14,16H,12-13,15H2,1-7H3/t16-/m0/s1. The van der Waals surface area contributed by atoms with Crippen molar-refractivity contribution in [2.24, 2.45) is 0 Å².